The van der Waals surface area contributed by atoms with E-state index in [1.807, 2.05) is 84.9 Å². The predicted molar refractivity (Wildman–Crippen MR) is 125 cm³/mol. The fourth-order valence-electron chi connectivity index (χ4n) is 3.57. The van der Waals surface area contributed by atoms with Crippen LogP contribution in [-0.2, 0) is 35.2 Å². The number of aliphatic carboxylic acids is 1. The Labute approximate surface area is 186 Å². The Hall–Kier alpha value is -2.76. The monoisotopic (exact) mass is 435 g/mol. The number of carboxylic acids is 1. The molecule has 0 spiro atoms. The summed E-state index contributed by atoms with van der Waals surface area (Å²) in [5.74, 6) is -1.07. The molecule has 2 N–H and O–H groups in total. The van der Waals surface area contributed by atoms with Crippen LogP contribution in [0.25, 0.3) is 0 Å². The van der Waals surface area contributed by atoms with Gasteiger partial charge in [0.25, 0.3) is 0 Å². The van der Waals surface area contributed by atoms with Crippen LogP contribution in [0.4, 0.5) is 0 Å². The summed E-state index contributed by atoms with van der Waals surface area (Å²) in [6.07, 6.45) is 3.63. The van der Waals surface area contributed by atoms with E-state index in [1.54, 1.807) is 0 Å². The number of hydrogen-bond acceptors (Lipinski definition) is 2. The molecular formula is C26H29NO3S. The van der Waals surface area contributed by atoms with Gasteiger partial charge in [0.15, 0.2) is 0 Å². The van der Waals surface area contributed by atoms with Crippen molar-refractivity contribution in [3.05, 3.63) is 102 Å². The highest BCUT2D eigenvalue weighted by Crippen LogP contribution is 2.18. The van der Waals surface area contributed by atoms with Gasteiger partial charge in [0.05, 0.1) is 10.8 Å². The lowest BCUT2D eigenvalue weighted by Gasteiger charge is -2.12. The number of carbonyl (C=O) groups is 1. The molecule has 3 aromatic carbocycles. The van der Waals surface area contributed by atoms with E-state index in [0.29, 0.717) is 19.4 Å². The molecule has 2 atom stereocenters. The first-order valence-corrected chi connectivity index (χ1v) is 11.8. The maximum Gasteiger partial charge on any atom is 0.306 e. The molecule has 0 radical (unpaired) electrons. The van der Waals surface area contributed by atoms with E-state index in [1.165, 1.54) is 5.56 Å². The molecule has 0 aliphatic rings. The summed E-state index contributed by atoms with van der Waals surface area (Å²) in [4.78, 5) is 12.4. The van der Waals surface area contributed by atoms with Crippen molar-refractivity contribution in [1.82, 2.24) is 4.72 Å². The molecule has 2 unspecified atom stereocenters. The third kappa shape index (κ3) is 7.78. The van der Waals surface area contributed by atoms with Gasteiger partial charge in [-0.2, -0.15) is 0 Å². The van der Waals surface area contributed by atoms with Gasteiger partial charge in [0.1, 0.15) is 11.0 Å². The van der Waals surface area contributed by atoms with E-state index in [2.05, 4.69) is 4.72 Å². The normalized spacial score (nSPS) is 12.9. The van der Waals surface area contributed by atoms with Crippen molar-refractivity contribution in [2.24, 2.45) is 5.92 Å². The Bertz CT molecular complexity index is 976. The molecule has 0 aliphatic carbocycles. The molecule has 3 aromatic rings. The standard InChI is InChI=1S/C26H29NO3S/c28-26(29)24(18-17-21-9-3-1-4-10-21)15-7-13-22-14-8-16-25(19-22)31(30)27-20-23-11-5-2-6-12-23/h1-6,8-12,14,16,19,24,27H,7,13,15,17-18,20H2,(H,28,29). The van der Waals surface area contributed by atoms with Crippen LogP contribution in [0, 0.1) is 5.92 Å². The minimum atomic E-state index is -1.28. The molecule has 4 nitrogen and oxygen atoms in total. The maximum absolute atomic E-state index is 12.6. The van der Waals surface area contributed by atoms with E-state index in [9.17, 15) is 14.1 Å². The maximum atomic E-state index is 12.6. The lowest BCUT2D eigenvalue weighted by molar-refractivity contribution is -0.142. The minimum Gasteiger partial charge on any atom is -0.481 e. The molecule has 0 fully saturated rings. The van der Waals surface area contributed by atoms with Crippen LogP contribution in [0.5, 0.6) is 0 Å². The number of nitrogens with one attached hydrogen (secondary N) is 1. The van der Waals surface area contributed by atoms with E-state index in [0.717, 1.165) is 35.3 Å². The van der Waals surface area contributed by atoms with Gasteiger partial charge < -0.3 is 5.11 Å². The fourth-order valence-corrected chi connectivity index (χ4v) is 4.50. The van der Waals surface area contributed by atoms with Crippen LogP contribution in [0.3, 0.4) is 0 Å². The smallest absolute Gasteiger partial charge is 0.306 e. The molecule has 0 bridgehead atoms. The van der Waals surface area contributed by atoms with Crippen molar-refractivity contribution in [1.29, 1.82) is 0 Å². The van der Waals surface area contributed by atoms with Crippen LogP contribution in [0.15, 0.2) is 89.8 Å². The zero-order valence-corrected chi connectivity index (χ0v) is 18.4. The van der Waals surface area contributed by atoms with Gasteiger partial charge in [-0.15, -0.1) is 0 Å². The topological polar surface area (TPSA) is 66.4 Å². The fraction of sp³-hybridized carbons (Fsp3) is 0.269. The molecule has 0 aliphatic heterocycles. The average Bonchev–Trinajstić information content (AvgIpc) is 2.81. The Balaban J connectivity index is 1.48. The van der Waals surface area contributed by atoms with Crippen LogP contribution in [0.1, 0.15) is 36.0 Å². The van der Waals surface area contributed by atoms with Crippen molar-refractivity contribution >= 4 is 17.0 Å². The minimum absolute atomic E-state index is 0.343. The summed E-state index contributed by atoms with van der Waals surface area (Å²) in [6, 6.07) is 27.6. The molecular weight excluding hydrogens is 406 g/mol. The van der Waals surface area contributed by atoms with E-state index < -0.39 is 17.0 Å². The molecule has 0 heterocycles. The highest BCUT2D eigenvalue weighted by atomic mass is 32.2. The molecule has 0 aromatic heterocycles. The SMILES string of the molecule is O=C(O)C(CCCc1cccc(S(=O)NCc2ccccc2)c1)CCc1ccccc1. The number of aryl methyl sites for hydroxylation is 2. The molecule has 0 saturated carbocycles. The molecule has 31 heavy (non-hydrogen) atoms. The first kappa shape index (κ1) is 22.9. The van der Waals surface area contributed by atoms with Crippen LogP contribution in [0.2, 0.25) is 0 Å². The Morgan fingerprint density at radius 1 is 0.806 bits per heavy atom. The summed E-state index contributed by atoms with van der Waals surface area (Å²) in [5, 5.41) is 9.57. The Morgan fingerprint density at radius 3 is 2.13 bits per heavy atom. The number of carboxylic acid groups (broad SMARTS) is 1. The third-order valence-corrected chi connectivity index (χ3v) is 6.44. The van der Waals surface area contributed by atoms with Crippen molar-refractivity contribution in [3.63, 3.8) is 0 Å². The molecule has 3 rings (SSSR count). The van der Waals surface area contributed by atoms with E-state index >= 15 is 0 Å². The second kappa shape index (κ2) is 12.2. The Morgan fingerprint density at radius 2 is 1.45 bits per heavy atom. The predicted octanol–water partition coefficient (Wildman–Crippen LogP) is 5.16. The van der Waals surface area contributed by atoms with Crippen molar-refractivity contribution in [2.75, 3.05) is 0 Å². The van der Waals surface area contributed by atoms with Gasteiger partial charge in [-0.3, -0.25) is 4.79 Å². The molecule has 0 amide bonds. The summed E-state index contributed by atoms with van der Waals surface area (Å²) in [7, 11) is -1.28. The quantitative estimate of drug-likeness (QED) is 0.413. The van der Waals surface area contributed by atoms with Gasteiger partial charge >= 0.3 is 5.97 Å². The second-order valence-electron chi connectivity index (χ2n) is 7.67. The van der Waals surface area contributed by atoms with Crippen molar-refractivity contribution in [2.45, 2.75) is 43.5 Å². The van der Waals surface area contributed by atoms with Gasteiger partial charge in [0.2, 0.25) is 0 Å². The van der Waals surface area contributed by atoms with Gasteiger partial charge in [-0.05, 0) is 60.9 Å². The summed E-state index contributed by atoms with van der Waals surface area (Å²) in [5.41, 5.74) is 3.34. The van der Waals surface area contributed by atoms with Gasteiger partial charge in [0, 0.05) is 6.54 Å². The largest absolute Gasteiger partial charge is 0.481 e. The summed E-state index contributed by atoms with van der Waals surface area (Å²) in [6.45, 7) is 0.541. The molecule has 5 heteroatoms. The zero-order valence-electron chi connectivity index (χ0n) is 17.6. The lowest BCUT2D eigenvalue weighted by atomic mass is 9.93. The third-order valence-electron chi connectivity index (χ3n) is 5.35. The number of rotatable bonds is 12. The second-order valence-corrected chi connectivity index (χ2v) is 8.97. The van der Waals surface area contributed by atoms with Gasteiger partial charge in [-0.25, -0.2) is 8.93 Å². The van der Waals surface area contributed by atoms with Crippen molar-refractivity contribution < 1.29 is 14.1 Å². The van der Waals surface area contributed by atoms with Crippen LogP contribution in [-0.4, -0.2) is 15.3 Å². The number of benzene rings is 3. The van der Waals surface area contributed by atoms with Crippen LogP contribution >= 0.6 is 0 Å². The first-order chi connectivity index (χ1) is 15.1. The Kier molecular flexibility index (Phi) is 9.00. The zero-order chi connectivity index (χ0) is 21.9. The highest BCUT2D eigenvalue weighted by Gasteiger charge is 2.17. The first-order valence-electron chi connectivity index (χ1n) is 10.7. The molecule has 162 valence electrons. The van der Waals surface area contributed by atoms with Crippen molar-refractivity contribution in [3.8, 4) is 0 Å². The highest BCUT2D eigenvalue weighted by molar-refractivity contribution is 7.83. The van der Waals surface area contributed by atoms with E-state index in [-0.39, 0.29) is 5.92 Å². The summed E-state index contributed by atoms with van der Waals surface area (Å²) < 4.78 is 15.6. The number of hydrogen-bond donors (Lipinski definition) is 2. The lowest BCUT2D eigenvalue weighted by Crippen LogP contribution is -2.17. The van der Waals surface area contributed by atoms with E-state index in [4.69, 9.17) is 0 Å². The average molecular weight is 436 g/mol. The molecule has 0 saturated heterocycles. The summed E-state index contributed by atoms with van der Waals surface area (Å²) >= 11 is 0. The van der Waals surface area contributed by atoms with Gasteiger partial charge in [-0.1, -0.05) is 72.8 Å². The van der Waals surface area contributed by atoms with Crippen LogP contribution < -0.4 is 4.72 Å².